The second kappa shape index (κ2) is 5.78. The van der Waals surface area contributed by atoms with Gasteiger partial charge in [0.05, 0.1) is 6.42 Å². The van der Waals surface area contributed by atoms with Gasteiger partial charge in [-0.05, 0) is 13.8 Å². The first-order valence-corrected chi connectivity index (χ1v) is 6.53. The van der Waals surface area contributed by atoms with E-state index in [9.17, 15) is 18.0 Å². The van der Waals surface area contributed by atoms with Crippen LogP contribution >= 0.6 is 0 Å². The van der Waals surface area contributed by atoms with E-state index in [0.29, 0.717) is 11.3 Å². The van der Waals surface area contributed by atoms with Crippen molar-refractivity contribution in [3.05, 3.63) is 36.0 Å². The number of alkyl halides is 3. The molecule has 1 amide bonds. The summed E-state index contributed by atoms with van der Waals surface area (Å²) in [5.74, 6) is -0.707. The second-order valence-electron chi connectivity index (χ2n) is 5.52. The van der Waals surface area contributed by atoms with Crippen molar-refractivity contribution < 1.29 is 18.0 Å². The molecule has 2 aromatic rings. The molecule has 8 heteroatoms. The molecule has 1 heterocycles. The summed E-state index contributed by atoms with van der Waals surface area (Å²) in [4.78, 5) is 12.2. The van der Waals surface area contributed by atoms with Crippen LogP contribution < -0.4 is 5.32 Å². The van der Waals surface area contributed by atoms with Crippen LogP contribution in [0.1, 0.15) is 30.8 Å². The Balaban J connectivity index is 2.20. The fourth-order valence-corrected chi connectivity index (χ4v) is 2.10. The SMILES string of the molecule is CC(C)(CC(F)(F)F)NC(=O)c1n[nH]nc1-c1ccccc1. The highest BCUT2D eigenvalue weighted by Crippen LogP contribution is 2.27. The summed E-state index contributed by atoms with van der Waals surface area (Å²) in [5, 5.41) is 12.3. The number of carbonyl (C=O) groups excluding carboxylic acids is 1. The van der Waals surface area contributed by atoms with E-state index in [1.54, 1.807) is 30.3 Å². The quantitative estimate of drug-likeness (QED) is 0.912. The summed E-state index contributed by atoms with van der Waals surface area (Å²) < 4.78 is 37.5. The lowest BCUT2D eigenvalue weighted by atomic mass is 9.99. The van der Waals surface area contributed by atoms with Crippen molar-refractivity contribution in [1.82, 2.24) is 20.7 Å². The minimum Gasteiger partial charge on any atom is -0.345 e. The number of nitrogens with zero attached hydrogens (tertiary/aromatic N) is 2. The Morgan fingerprint density at radius 3 is 2.41 bits per heavy atom. The normalized spacial score (nSPS) is 12.2. The summed E-state index contributed by atoms with van der Waals surface area (Å²) in [6, 6.07) is 8.79. The minimum atomic E-state index is -4.37. The fourth-order valence-electron chi connectivity index (χ4n) is 2.10. The van der Waals surface area contributed by atoms with Gasteiger partial charge < -0.3 is 5.32 Å². The molecule has 2 rings (SSSR count). The first kappa shape index (κ1) is 16.0. The van der Waals surface area contributed by atoms with Crippen LogP contribution in [0.5, 0.6) is 0 Å². The van der Waals surface area contributed by atoms with E-state index in [2.05, 4.69) is 20.7 Å². The van der Waals surface area contributed by atoms with E-state index in [1.165, 1.54) is 13.8 Å². The van der Waals surface area contributed by atoms with Crippen LogP contribution in [0.25, 0.3) is 11.3 Å². The van der Waals surface area contributed by atoms with Crippen LogP contribution in [0, 0.1) is 0 Å². The van der Waals surface area contributed by atoms with Crippen molar-refractivity contribution >= 4 is 5.91 Å². The number of aromatic nitrogens is 3. The zero-order chi connectivity index (χ0) is 16.4. The van der Waals surface area contributed by atoms with Gasteiger partial charge in [0.2, 0.25) is 0 Å². The molecule has 22 heavy (non-hydrogen) atoms. The van der Waals surface area contributed by atoms with E-state index in [-0.39, 0.29) is 5.69 Å². The molecule has 5 nitrogen and oxygen atoms in total. The lowest BCUT2D eigenvalue weighted by molar-refractivity contribution is -0.146. The number of nitrogens with one attached hydrogen (secondary N) is 2. The summed E-state index contributed by atoms with van der Waals surface area (Å²) in [6.45, 7) is 2.61. The van der Waals surface area contributed by atoms with Crippen molar-refractivity contribution in [2.24, 2.45) is 0 Å². The first-order valence-electron chi connectivity index (χ1n) is 6.53. The van der Waals surface area contributed by atoms with E-state index in [0.717, 1.165) is 0 Å². The molecule has 0 aliphatic carbocycles. The van der Waals surface area contributed by atoms with Gasteiger partial charge in [0.1, 0.15) is 5.69 Å². The fraction of sp³-hybridized carbons (Fsp3) is 0.357. The standard InChI is InChI=1S/C14H15F3N4O/c1-13(2,8-14(15,16)17)18-12(22)11-10(19-21-20-11)9-6-4-3-5-7-9/h3-7H,8H2,1-2H3,(H,18,22)(H,19,20,21). The van der Waals surface area contributed by atoms with Gasteiger partial charge in [-0.3, -0.25) is 4.79 Å². The van der Waals surface area contributed by atoms with Crippen molar-refractivity contribution in [2.75, 3.05) is 0 Å². The molecular weight excluding hydrogens is 297 g/mol. The Bertz CT molecular complexity index is 650. The number of rotatable bonds is 4. The molecule has 0 radical (unpaired) electrons. The third kappa shape index (κ3) is 4.06. The second-order valence-corrected chi connectivity index (χ2v) is 5.52. The van der Waals surface area contributed by atoms with Crippen LogP contribution in [-0.4, -0.2) is 33.0 Å². The van der Waals surface area contributed by atoms with Gasteiger partial charge in [0, 0.05) is 11.1 Å². The highest BCUT2D eigenvalue weighted by molar-refractivity contribution is 5.98. The number of aromatic amines is 1. The minimum absolute atomic E-state index is 0.0403. The number of hydrogen-bond acceptors (Lipinski definition) is 3. The molecule has 0 atom stereocenters. The Morgan fingerprint density at radius 1 is 1.18 bits per heavy atom. The summed E-state index contributed by atoms with van der Waals surface area (Å²) in [7, 11) is 0. The van der Waals surface area contributed by atoms with E-state index >= 15 is 0 Å². The van der Waals surface area contributed by atoms with Gasteiger partial charge in [-0.25, -0.2) is 0 Å². The molecule has 0 spiro atoms. The van der Waals surface area contributed by atoms with Gasteiger partial charge in [-0.15, -0.1) is 0 Å². The first-order chi connectivity index (χ1) is 10.2. The maximum atomic E-state index is 12.5. The van der Waals surface area contributed by atoms with Crippen molar-refractivity contribution in [3.63, 3.8) is 0 Å². The van der Waals surface area contributed by atoms with Crippen molar-refractivity contribution in [2.45, 2.75) is 32.0 Å². The number of hydrogen-bond donors (Lipinski definition) is 2. The van der Waals surface area contributed by atoms with Crippen LogP contribution in [0.3, 0.4) is 0 Å². The molecule has 0 bridgehead atoms. The smallest absolute Gasteiger partial charge is 0.345 e. The summed E-state index contributed by atoms with van der Waals surface area (Å²) >= 11 is 0. The molecule has 0 fully saturated rings. The van der Waals surface area contributed by atoms with E-state index < -0.39 is 24.0 Å². The molecular formula is C14H15F3N4O. The number of benzene rings is 1. The molecule has 0 aliphatic rings. The molecule has 1 aromatic heterocycles. The molecule has 118 valence electrons. The Kier molecular flexibility index (Phi) is 4.20. The zero-order valence-corrected chi connectivity index (χ0v) is 12.0. The Labute approximate surface area is 124 Å². The molecule has 1 aromatic carbocycles. The average molecular weight is 312 g/mol. The molecule has 0 saturated carbocycles. The maximum Gasteiger partial charge on any atom is 0.391 e. The van der Waals surface area contributed by atoms with Crippen molar-refractivity contribution in [3.8, 4) is 11.3 Å². The van der Waals surface area contributed by atoms with Crippen LogP contribution in [0.4, 0.5) is 13.2 Å². The van der Waals surface area contributed by atoms with Gasteiger partial charge in [-0.2, -0.15) is 28.6 Å². The summed E-state index contributed by atoms with van der Waals surface area (Å²) in [5.41, 5.74) is -0.542. The highest BCUT2D eigenvalue weighted by atomic mass is 19.4. The lowest BCUT2D eigenvalue weighted by Crippen LogP contribution is -2.46. The Hall–Kier alpha value is -2.38. The number of carbonyl (C=O) groups is 1. The van der Waals surface area contributed by atoms with Crippen LogP contribution in [0.15, 0.2) is 30.3 Å². The third-order valence-electron chi connectivity index (χ3n) is 2.90. The average Bonchev–Trinajstić information content (AvgIpc) is 2.85. The topological polar surface area (TPSA) is 70.7 Å². The highest BCUT2D eigenvalue weighted by Gasteiger charge is 2.38. The largest absolute Gasteiger partial charge is 0.391 e. The lowest BCUT2D eigenvalue weighted by Gasteiger charge is -2.27. The summed E-state index contributed by atoms with van der Waals surface area (Å²) in [6.07, 6.45) is -5.51. The predicted octanol–water partition coefficient (Wildman–Crippen LogP) is 2.93. The number of halogens is 3. The van der Waals surface area contributed by atoms with Gasteiger partial charge in [-0.1, -0.05) is 30.3 Å². The molecule has 0 unspecified atom stereocenters. The van der Waals surface area contributed by atoms with Gasteiger partial charge in [0.15, 0.2) is 5.69 Å². The van der Waals surface area contributed by atoms with Crippen LogP contribution in [0.2, 0.25) is 0 Å². The number of H-pyrrole nitrogens is 1. The van der Waals surface area contributed by atoms with Crippen molar-refractivity contribution in [1.29, 1.82) is 0 Å². The molecule has 0 aliphatic heterocycles. The monoisotopic (exact) mass is 312 g/mol. The maximum absolute atomic E-state index is 12.5. The van der Waals surface area contributed by atoms with Crippen LogP contribution in [-0.2, 0) is 0 Å². The van der Waals surface area contributed by atoms with E-state index in [4.69, 9.17) is 0 Å². The molecule has 2 N–H and O–H groups in total. The third-order valence-corrected chi connectivity index (χ3v) is 2.90. The van der Waals surface area contributed by atoms with Gasteiger partial charge >= 0.3 is 6.18 Å². The number of amides is 1. The van der Waals surface area contributed by atoms with E-state index in [1.807, 2.05) is 0 Å². The Morgan fingerprint density at radius 2 is 1.82 bits per heavy atom. The predicted molar refractivity (Wildman–Crippen MR) is 74.0 cm³/mol. The van der Waals surface area contributed by atoms with Gasteiger partial charge in [0.25, 0.3) is 5.91 Å². The molecule has 0 saturated heterocycles. The zero-order valence-electron chi connectivity index (χ0n) is 12.0.